The average molecular weight is 485 g/mol. The molecule has 0 aliphatic rings. The number of aryl methyl sites for hydroxylation is 1. The fourth-order valence-corrected chi connectivity index (χ4v) is 3.27. The molecular formula is C30H44O5. The lowest BCUT2D eigenvalue weighted by atomic mass is 10.0. The van der Waals surface area contributed by atoms with Crippen LogP contribution in [0.2, 0.25) is 0 Å². The maximum absolute atomic E-state index is 12.4. The molecule has 0 radical (unpaired) electrons. The molecule has 5 heteroatoms. The molecule has 5 nitrogen and oxygen atoms in total. The zero-order valence-electron chi connectivity index (χ0n) is 22.0. The lowest BCUT2D eigenvalue weighted by molar-refractivity contribution is -0.158. The van der Waals surface area contributed by atoms with Crippen LogP contribution in [-0.4, -0.2) is 30.6 Å². The highest BCUT2D eigenvalue weighted by Crippen LogP contribution is 2.14. The zero-order valence-corrected chi connectivity index (χ0v) is 22.0. The summed E-state index contributed by atoms with van der Waals surface area (Å²) in [4.78, 5) is 12.4. The number of aliphatic hydroxyl groups excluding tert-OH is 1. The van der Waals surface area contributed by atoms with E-state index in [1.807, 2.05) is 18.2 Å². The first-order chi connectivity index (χ1) is 17.1. The number of aliphatic hydroxyl groups is 1. The van der Waals surface area contributed by atoms with E-state index in [1.165, 1.54) is 0 Å². The minimum Gasteiger partial charge on any atom is -0.461 e. The number of unbranched alkanes of at least 4 members (excludes halogenated alkanes) is 4. The van der Waals surface area contributed by atoms with Crippen LogP contribution < -0.4 is 0 Å². The highest BCUT2D eigenvalue weighted by Gasteiger charge is 2.13. The van der Waals surface area contributed by atoms with E-state index in [0.717, 1.165) is 61.6 Å². The normalized spacial score (nSPS) is 10.4. The fourth-order valence-electron chi connectivity index (χ4n) is 3.27. The fraction of sp³-hybridized carbons (Fsp3) is 0.633. The summed E-state index contributed by atoms with van der Waals surface area (Å²) in [6, 6.07) is 5.84. The molecule has 0 saturated carbocycles. The standard InChI is InChI=1S/C30H44O5/c1-4-7-9-11-13-15-19-33-30(34-20-16-14-12-10-8-5-2)18-17-29(32)35-25-28-22-26(6-3)21-27(23-28)24-31/h21-23,30-31H,4-10,15-20,24-25H2,1-3H3. The lowest BCUT2D eigenvalue weighted by Gasteiger charge is -2.17. The first-order valence-corrected chi connectivity index (χ1v) is 13.2. The third kappa shape index (κ3) is 16.1. The van der Waals surface area contributed by atoms with E-state index in [-0.39, 0.29) is 25.6 Å². The molecule has 0 aromatic heterocycles. The first-order valence-electron chi connectivity index (χ1n) is 13.2. The Balaban J connectivity index is 2.49. The molecule has 1 aromatic carbocycles. The van der Waals surface area contributed by atoms with Crippen molar-refractivity contribution in [2.75, 3.05) is 13.2 Å². The molecular weight excluding hydrogens is 440 g/mol. The summed E-state index contributed by atoms with van der Waals surface area (Å²) in [5.41, 5.74) is 2.82. The molecule has 0 amide bonds. The van der Waals surface area contributed by atoms with E-state index in [1.54, 1.807) is 0 Å². The van der Waals surface area contributed by atoms with Gasteiger partial charge in [-0.15, -0.1) is 23.7 Å². The number of hydrogen-bond donors (Lipinski definition) is 1. The van der Waals surface area contributed by atoms with Crippen LogP contribution in [0.1, 0.15) is 102 Å². The van der Waals surface area contributed by atoms with Crippen molar-refractivity contribution in [3.05, 3.63) is 34.9 Å². The van der Waals surface area contributed by atoms with Gasteiger partial charge in [-0.25, -0.2) is 0 Å². The van der Waals surface area contributed by atoms with Crippen molar-refractivity contribution in [2.45, 2.75) is 111 Å². The van der Waals surface area contributed by atoms with Crippen LogP contribution in [0.4, 0.5) is 0 Å². The largest absolute Gasteiger partial charge is 0.461 e. The van der Waals surface area contributed by atoms with Crippen molar-refractivity contribution in [1.29, 1.82) is 0 Å². The number of hydrogen-bond acceptors (Lipinski definition) is 5. The van der Waals surface area contributed by atoms with Crippen LogP contribution in [0.5, 0.6) is 0 Å². The van der Waals surface area contributed by atoms with Gasteiger partial charge >= 0.3 is 5.97 Å². The third-order valence-corrected chi connectivity index (χ3v) is 5.31. The van der Waals surface area contributed by atoms with Crippen molar-refractivity contribution < 1.29 is 24.1 Å². The van der Waals surface area contributed by atoms with Gasteiger partial charge in [-0.05, 0) is 36.0 Å². The average Bonchev–Trinajstić information content (AvgIpc) is 2.88. The molecule has 0 unspecified atom stereocenters. The molecule has 0 heterocycles. The Morgan fingerprint density at radius 2 is 1.37 bits per heavy atom. The number of ether oxygens (including phenoxy) is 3. The highest BCUT2D eigenvalue weighted by atomic mass is 16.7. The molecule has 1 N–H and O–H groups in total. The Kier molecular flexibility index (Phi) is 18.4. The molecule has 1 rings (SSSR count). The molecule has 0 bridgehead atoms. The Morgan fingerprint density at radius 3 is 1.91 bits per heavy atom. The quantitative estimate of drug-likeness (QED) is 0.125. The van der Waals surface area contributed by atoms with Crippen molar-refractivity contribution in [1.82, 2.24) is 0 Å². The summed E-state index contributed by atoms with van der Waals surface area (Å²) in [6.07, 6.45) is 8.64. The van der Waals surface area contributed by atoms with Gasteiger partial charge in [0.1, 0.15) is 6.61 Å². The van der Waals surface area contributed by atoms with E-state index in [4.69, 9.17) is 14.2 Å². The van der Waals surface area contributed by atoms with Crippen LogP contribution in [0.15, 0.2) is 18.2 Å². The Labute approximate surface area is 212 Å². The zero-order chi connectivity index (χ0) is 25.6. The minimum absolute atomic E-state index is 0.0306. The second kappa shape index (κ2) is 21.0. The highest BCUT2D eigenvalue weighted by molar-refractivity contribution is 5.69. The van der Waals surface area contributed by atoms with E-state index in [0.29, 0.717) is 32.5 Å². The van der Waals surface area contributed by atoms with Crippen LogP contribution in [-0.2, 0) is 38.6 Å². The molecule has 0 saturated heterocycles. The Morgan fingerprint density at radius 1 is 0.829 bits per heavy atom. The van der Waals surface area contributed by atoms with Crippen molar-refractivity contribution in [3.8, 4) is 23.7 Å². The second-order valence-electron chi connectivity index (χ2n) is 8.45. The van der Waals surface area contributed by atoms with E-state index < -0.39 is 6.29 Å². The van der Waals surface area contributed by atoms with Gasteiger partial charge in [0.25, 0.3) is 0 Å². The van der Waals surface area contributed by atoms with Crippen LogP contribution >= 0.6 is 0 Å². The van der Waals surface area contributed by atoms with Gasteiger partial charge in [-0.3, -0.25) is 4.79 Å². The van der Waals surface area contributed by atoms with Crippen LogP contribution in [0, 0.1) is 23.7 Å². The van der Waals surface area contributed by atoms with E-state index in [9.17, 15) is 9.90 Å². The predicted molar refractivity (Wildman–Crippen MR) is 140 cm³/mol. The molecule has 0 aliphatic heterocycles. The predicted octanol–water partition coefficient (Wildman–Crippen LogP) is 6.09. The number of rotatable bonds is 17. The van der Waals surface area contributed by atoms with Crippen LogP contribution in [0.25, 0.3) is 0 Å². The molecule has 35 heavy (non-hydrogen) atoms. The number of benzene rings is 1. The van der Waals surface area contributed by atoms with E-state index in [2.05, 4.69) is 44.5 Å². The third-order valence-electron chi connectivity index (χ3n) is 5.31. The molecule has 0 aliphatic carbocycles. The monoisotopic (exact) mass is 484 g/mol. The smallest absolute Gasteiger partial charge is 0.306 e. The Hall–Kier alpha value is -2.31. The van der Waals surface area contributed by atoms with Crippen LogP contribution in [0.3, 0.4) is 0 Å². The summed E-state index contributed by atoms with van der Waals surface area (Å²) < 4.78 is 17.2. The van der Waals surface area contributed by atoms with Gasteiger partial charge in [0.15, 0.2) is 6.29 Å². The summed E-state index contributed by atoms with van der Waals surface area (Å²) in [5.74, 6) is 12.3. The summed E-state index contributed by atoms with van der Waals surface area (Å²) in [5, 5.41) is 9.44. The summed E-state index contributed by atoms with van der Waals surface area (Å²) in [7, 11) is 0. The van der Waals surface area contributed by atoms with Gasteiger partial charge in [0, 0.05) is 32.1 Å². The van der Waals surface area contributed by atoms with Crippen molar-refractivity contribution in [2.24, 2.45) is 0 Å². The first kappa shape index (κ1) is 30.7. The lowest BCUT2D eigenvalue weighted by Crippen LogP contribution is -2.20. The van der Waals surface area contributed by atoms with Gasteiger partial charge < -0.3 is 19.3 Å². The maximum Gasteiger partial charge on any atom is 0.306 e. The molecule has 194 valence electrons. The summed E-state index contributed by atoms with van der Waals surface area (Å²) in [6.45, 7) is 7.45. The number of esters is 1. The summed E-state index contributed by atoms with van der Waals surface area (Å²) >= 11 is 0. The van der Waals surface area contributed by atoms with Gasteiger partial charge in [-0.2, -0.15) is 0 Å². The molecule has 0 spiro atoms. The van der Waals surface area contributed by atoms with Gasteiger partial charge in [0.2, 0.25) is 0 Å². The van der Waals surface area contributed by atoms with E-state index >= 15 is 0 Å². The SMILES string of the molecule is CCCCC#CCCOC(CCC(=O)OCc1cc(CC)cc(CO)c1)OCCC#CCCCC. The second-order valence-corrected chi connectivity index (χ2v) is 8.45. The molecule has 1 aromatic rings. The maximum atomic E-state index is 12.4. The minimum atomic E-state index is -0.484. The van der Waals surface area contributed by atoms with Crippen molar-refractivity contribution in [3.63, 3.8) is 0 Å². The molecule has 0 atom stereocenters. The van der Waals surface area contributed by atoms with Crippen molar-refractivity contribution >= 4 is 5.97 Å². The molecule has 0 fully saturated rings. The number of carbonyl (C=O) groups excluding carboxylic acids is 1. The topological polar surface area (TPSA) is 65.0 Å². The number of carbonyl (C=O) groups is 1. The van der Waals surface area contributed by atoms with Gasteiger partial charge in [0.05, 0.1) is 26.2 Å². The van der Waals surface area contributed by atoms with Gasteiger partial charge in [-0.1, -0.05) is 51.8 Å². The Bertz CT molecular complexity index is 770.